The monoisotopic (exact) mass is 137 g/mol. The minimum absolute atomic E-state index is 0.132. The molecule has 9 heavy (non-hydrogen) atoms. The van der Waals surface area contributed by atoms with Gasteiger partial charge in [-0.25, -0.2) is 0 Å². The molecule has 0 amide bonds. The number of methoxy groups -OCH3 is 2. The number of hydrogen-bond donors (Lipinski definition) is 0. The fourth-order valence-electron chi connectivity index (χ4n) is 0.451. The Balaban J connectivity index is 3.31. The summed E-state index contributed by atoms with van der Waals surface area (Å²) < 4.78 is 21.4. The number of hydrogen-bond acceptors (Lipinski definition) is 3. The van der Waals surface area contributed by atoms with Gasteiger partial charge in [-0.2, -0.15) is 0 Å². The third-order valence-corrected chi connectivity index (χ3v) is 0.926. The zero-order chi connectivity index (χ0) is 7.28. The number of halogens is 1. The van der Waals surface area contributed by atoms with Crippen molar-refractivity contribution >= 4 is 0 Å². The largest absolute Gasteiger partial charge is 0.354 e. The van der Waals surface area contributed by atoms with Gasteiger partial charge in [-0.3, -0.25) is 0 Å². The molecule has 0 unspecified atom stereocenters. The first-order valence-corrected chi connectivity index (χ1v) is 2.63. The van der Waals surface area contributed by atoms with Crippen LogP contribution in [-0.2, 0) is 9.47 Å². The van der Waals surface area contributed by atoms with Crippen LogP contribution in [0.2, 0.25) is 0 Å². The smallest absolute Gasteiger partial charge is 0.171 e. The molecule has 0 aliphatic heterocycles. The van der Waals surface area contributed by atoms with E-state index in [9.17, 15) is 4.48 Å². The Labute approximate surface area is 54.3 Å². The fraction of sp³-hybridized carbons (Fsp3) is 1.00. The molecule has 0 bridgehead atoms. The predicted octanol–water partition coefficient (Wildman–Crippen LogP) is 0.422. The van der Waals surface area contributed by atoms with Gasteiger partial charge in [0.15, 0.2) is 6.29 Å². The summed E-state index contributed by atoms with van der Waals surface area (Å²) in [6, 6.07) is 0. The molecule has 4 heteroatoms. The lowest BCUT2D eigenvalue weighted by molar-refractivity contribution is -0.138. The highest BCUT2D eigenvalue weighted by Crippen LogP contribution is 1.93. The lowest BCUT2D eigenvalue weighted by atomic mass is 10.6. The first-order chi connectivity index (χ1) is 4.20. The van der Waals surface area contributed by atoms with Gasteiger partial charge >= 0.3 is 0 Å². The molecule has 0 aliphatic rings. The molecular formula is C5H12FNO2. The van der Waals surface area contributed by atoms with Gasteiger partial charge in [0.1, 0.15) is 0 Å². The second-order valence-corrected chi connectivity index (χ2v) is 1.69. The zero-order valence-corrected chi connectivity index (χ0v) is 5.93. The highest BCUT2D eigenvalue weighted by atomic mass is 19.2. The normalized spacial score (nSPS) is 11.3. The van der Waals surface area contributed by atoms with E-state index in [-0.39, 0.29) is 6.54 Å². The second kappa shape index (κ2) is 4.67. The number of nitrogens with zero attached hydrogens (tertiary/aromatic N) is 1. The van der Waals surface area contributed by atoms with Crippen LogP contribution < -0.4 is 0 Å². The summed E-state index contributed by atoms with van der Waals surface area (Å²) in [5, 5.41) is 0.512. The van der Waals surface area contributed by atoms with Crippen LogP contribution in [0, 0.1) is 0 Å². The van der Waals surface area contributed by atoms with Crippen molar-refractivity contribution in [1.82, 2.24) is 5.12 Å². The van der Waals surface area contributed by atoms with Gasteiger partial charge in [-0.15, -0.1) is 9.60 Å². The molecule has 0 aromatic heterocycles. The number of rotatable bonds is 4. The molecule has 0 fully saturated rings. The maximum absolute atomic E-state index is 12.0. The number of likely N-dealkylation sites (N-methyl/N-ethyl adjacent to an activating group) is 1. The van der Waals surface area contributed by atoms with Gasteiger partial charge < -0.3 is 9.47 Å². The predicted molar refractivity (Wildman–Crippen MR) is 31.5 cm³/mol. The Kier molecular flexibility index (Phi) is 4.57. The zero-order valence-electron chi connectivity index (χ0n) is 5.93. The van der Waals surface area contributed by atoms with Crippen molar-refractivity contribution in [2.45, 2.75) is 6.29 Å². The molecule has 0 heterocycles. The molecular weight excluding hydrogens is 125 g/mol. The van der Waals surface area contributed by atoms with Crippen molar-refractivity contribution in [3.63, 3.8) is 0 Å². The summed E-state index contributed by atoms with van der Waals surface area (Å²) >= 11 is 0. The van der Waals surface area contributed by atoms with E-state index in [0.29, 0.717) is 5.12 Å². The van der Waals surface area contributed by atoms with E-state index in [1.165, 1.54) is 21.3 Å². The highest BCUT2D eigenvalue weighted by molar-refractivity contribution is 4.41. The molecule has 3 nitrogen and oxygen atoms in total. The summed E-state index contributed by atoms with van der Waals surface area (Å²) in [7, 11) is 4.25. The molecule has 0 aromatic carbocycles. The van der Waals surface area contributed by atoms with Crippen LogP contribution in [0.25, 0.3) is 0 Å². The standard InChI is InChI=1S/C5H12FNO2/c1-7(6)4-5(8-2)9-3/h5H,4H2,1-3H3. The molecule has 0 spiro atoms. The van der Waals surface area contributed by atoms with Crippen LogP contribution in [0.1, 0.15) is 0 Å². The summed E-state index contributed by atoms with van der Waals surface area (Å²) in [5.41, 5.74) is 0. The fourth-order valence-corrected chi connectivity index (χ4v) is 0.451. The van der Waals surface area contributed by atoms with Crippen LogP contribution in [0.15, 0.2) is 0 Å². The Hall–Kier alpha value is -0.190. The molecule has 0 atom stereocenters. The van der Waals surface area contributed by atoms with Crippen LogP contribution in [0.3, 0.4) is 0 Å². The topological polar surface area (TPSA) is 21.7 Å². The Morgan fingerprint density at radius 3 is 2.00 bits per heavy atom. The van der Waals surface area contributed by atoms with E-state index < -0.39 is 6.29 Å². The van der Waals surface area contributed by atoms with E-state index >= 15 is 0 Å². The van der Waals surface area contributed by atoms with Crippen LogP contribution in [0.4, 0.5) is 4.48 Å². The summed E-state index contributed by atoms with van der Waals surface area (Å²) in [5.74, 6) is 0. The molecule has 0 rings (SSSR count). The van der Waals surface area contributed by atoms with E-state index in [4.69, 9.17) is 9.47 Å². The average Bonchev–Trinajstić information content (AvgIpc) is 1.82. The minimum Gasteiger partial charge on any atom is -0.354 e. The molecule has 0 saturated heterocycles. The number of ether oxygens (including phenoxy) is 2. The van der Waals surface area contributed by atoms with Gasteiger partial charge in [-0.05, 0) is 0 Å². The van der Waals surface area contributed by atoms with Crippen LogP contribution in [-0.4, -0.2) is 39.2 Å². The van der Waals surface area contributed by atoms with Crippen LogP contribution >= 0.6 is 0 Å². The summed E-state index contributed by atoms with van der Waals surface area (Å²) in [4.78, 5) is 0. The van der Waals surface area contributed by atoms with E-state index in [0.717, 1.165) is 0 Å². The molecule has 0 radical (unpaired) electrons. The van der Waals surface area contributed by atoms with Crippen molar-refractivity contribution in [3.8, 4) is 0 Å². The first-order valence-electron chi connectivity index (χ1n) is 2.63. The molecule has 56 valence electrons. The van der Waals surface area contributed by atoms with Crippen molar-refractivity contribution in [3.05, 3.63) is 0 Å². The van der Waals surface area contributed by atoms with E-state index in [2.05, 4.69) is 0 Å². The minimum atomic E-state index is -0.472. The van der Waals surface area contributed by atoms with E-state index in [1.807, 2.05) is 0 Å². The first kappa shape index (κ1) is 8.81. The SMILES string of the molecule is COC(CN(C)F)OC. The molecule has 0 N–H and O–H groups in total. The maximum Gasteiger partial charge on any atom is 0.171 e. The van der Waals surface area contributed by atoms with Gasteiger partial charge in [0.25, 0.3) is 0 Å². The quantitative estimate of drug-likeness (QED) is 0.414. The van der Waals surface area contributed by atoms with Gasteiger partial charge in [0, 0.05) is 21.3 Å². The van der Waals surface area contributed by atoms with Crippen molar-refractivity contribution in [2.24, 2.45) is 0 Å². The summed E-state index contributed by atoms with van der Waals surface area (Å²) in [6.45, 7) is 0.132. The van der Waals surface area contributed by atoms with E-state index in [1.54, 1.807) is 0 Å². The van der Waals surface area contributed by atoms with Gasteiger partial charge in [-0.1, -0.05) is 0 Å². The van der Waals surface area contributed by atoms with Gasteiger partial charge in [0.2, 0.25) is 0 Å². The third kappa shape index (κ3) is 4.32. The lowest BCUT2D eigenvalue weighted by Gasteiger charge is -2.14. The summed E-state index contributed by atoms with van der Waals surface area (Å²) in [6.07, 6.45) is -0.472. The Morgan fingerprint density at radius 1 is 1.44 bits per heavy atom. The van der Waals surface area contributed by atoms with Crippen molar-refractivity contribution in [1.29, 1.82) is 0 Å². The average molecular weight is 137 g/mol. The maximum atomic E-state index is 12.0. The highest BCUT2D eigenvalue weighted by Gasteiger charge is 2.06. The van der Waals surface area contributed by atoms with Gasteiger partial charge in [0.05, 0.1) is 6.54 Å². The van der Waals surface area contributed by atoms with Crippen molar-refractivity contribution in [2.75, 3.05) is 27.8 Å². The molecule has 0 saturated carbocycles. The van der Waals surface area contributed by atoms with Crippen LogP contribution in [0.5, 0.6) is 0 Å². The van der Waals surface area contributed by atoms with Crippen molar-refractivity contribution < 1.29 is 14.0 Å². The lowest BCUT2D eigenvalue weighted by Crippen LogP contribution is -2.26. The molecule has 0 aromatic rings. The third-order valence-electron chi connectivity index (χ3n) is 0.926. The Bertz CT molecular complexity index is 66.0. The molecule has 0 aliphatic carbocycles. The second-order valence-electron chi connectivity index (χ2n) is 1.69. The Morgan fingerprint density at radius 2 is 1.89 bits per heavy atom.